The highest BCUT2D eigenvalue weighted by Gasteiger charge is 2.09. The molecule has 0 N–H and O–H groups in total. The summed E-state index contributed by atoms with van der Waals surface area (Å²) in [5.74, 6) is 0.00538. The molecule has 0 saturated heterocycles. The molecular formula is C19H15NO. The summed E-state index contributed by atoms with van der Waals surface area (Å²) in [4.78, 5) is 16.5. The molecule has 0 bridgehead atoms. The van der Waals surface area contributed by atoms with Crippen LogP contribution in [0.5, 0.6) is 0 Å². The lowest BCUT2D eigenvalue weighted by atomic mass is 10.00. The Morgan fingerprint density at radius 1 is 0.810 bits per heavy atom. The number of hydrogen-bond acceptors (Lipinski definition) is 2. The third kappa shape index (κ3) is 2.90. The SMILES string of the molecule is Cc1cncc(C(=O)c2ccc(-c3ccccc3)cc2)c1. The van der Waals surface area contributed by atoms with Crippen LogP contribution in [0, 0.1) is 6.92 Å². The zero-order chi connectivity index (χ0) is 14.7. The number of aryl methyl sites for hydroxylation is 1. The normalized spacial score (nSPS) is 10.3. The first-order valence-corrected chi connectivity index (χ1v) is 6.86. The van der Waals surface area contributed by atoms with Crippen LogP contribution in [0.3, 0.4) is 0 Å². The highest BCUT2D eigenvalue weighted by Crippen LogP contribution is 2.20. The zero-order valence-corrected chi connectivity index (χ0v) is 11.8. The maximum atomic E-state index is 12.4. The molecule has 0 radical (unpaired) electrons. The van der Waals surface area contributed by atoms with Crippen molar-refractivity contribution in [2.45, 2.75) is 6.92 Å². The van der Waals surface area contributed by atoms with Crippen LogP contribution < -0.4 is 0 Å². The zero-order valence-electron chi connectivity index (χ0n) is 11.8. The largest absolute Gasteiger partial charge is 0.289 e. The Morgan fingerprint density at radius 3 is 2.14 bits per heavy atom. The topological polar surface area (TPSA) is 30.0 Å². The maximum Gasteiger partial charge on any atom is 0.194 e. The fraction of sp³-hybridized carbons (Fsp3) is 0.0526. The van der Waals surface area contributed by atoms with Crippen LogP contribution in [0.15, 0.2) is 73.1 Å². The third-order valence-electron chi connectivity index (χ3n) is 3.39. The van der Waals surface area contributed by atoms with Crippen molar-refractivity contribution in [1.29, 1.82) is 0 Å². The Balaban J connectivity index is 1.89. The second-order valence-electron chi connectivity index (χ2n) is 5.02. The average molecular weight is 273 g/mol. The average Bonchev–Trinajstić information content (AvgIpc) is 2.55. The van der Waals surface area contributed by atoms with E-state index in [9.17, 15) is 4.79 Å². The Hall–Kier alpha value is -2.74. The first kappa shape index (κ1) is 13.3. The number of aromatic nitrogens is 1. The summed E-state index contributed by atoms with van der Waals surface area (Å²) in [6, 6.07) is 19.7. The molecule has 0 aliphatic carbocycles. The summed E-state index contributed by atoms with van der Waals surface area (Å²) in [5, 5.41) is 0. The molecule has 2 heteroatoms. The van der Waals surface area contributed by atoms with Gasteiger partial charge in [0.05, 0.1) is 0 Å². The molecule has 1 aromatic heterocycles. The van der Waals surface area contributed by atoms with Gasteiger partial charge in [0.25, 0.3) is 0 Å². The summed E-state index contributed by atoms with van der Waals surface area (Å²) >= 11 is 0. The fourth-order valence-electron chi connectivity index (χ4n) is 2.29. The maximum absolute atomic E-state index is 12.4. The van der Waals surface area contributed by atoms with Crippen LogP contribution in [0.2, 0.25) is 0 Å². The molecule has 0 saturated carbocycles. The van der Waals surface area contributed by atoms with Crippen LogP contribution in [0.1, 0.15) is 21.5 Å². The number of carbonyl (C=O) groups is 1. The number of nitrogens with zero attached hydrogens (tertiary/aromatic N) is 1. The third-order valence-corrected chi connectivity index (χ3v) is 3.39. The molecule has 0 aliphatic rings. The summed E-state index contributed by atoms with van der Waals surface area (Å²) in [5.41, 5.74) is 4.55. The van der Waals surface area contributed by atoms with Gasteiger partial charge in [0.2, 0.25) is 0 Å². The predicted octanol–water partition coefficient (Wildman–Crippen LogP) is 4.29. The highest BCUT2D eigenvalue weighted by molar-refractivity contribution is 6.09. The Labute approximate surface area is 124 Å². The number of ketones is 1. The second-order valence-corrected chi connectivity index (χ2v) is 5.02. The van der Waals surface area contributed by atoms with E-state index in [4.69, 9.17) is 0 Å². The molecule has 21 heavy (non-hydrogen) atoms. The smallest absolute Gasteiger partial charge is 0.194 e. The van der Waals surface area contributed by atoms with Crippen molar-refractivity contribution in [2.75, 3.05) is 0 Å². The van der Waals surface area contributed by atoms with Crippen LogP contribution >= 0.6 is 0 Å². The van der Waals surface area contributed by atoms with Crippen molar-refractivity contribution in [2.24, 2.45) is 0 Å². The van der Waals surface area contributed by atoms with Crippen LogP contribution in [0.4, 0.5) is 0 Å². The van der Waals surface area contributed by atoms with Gasteiger partial charge >= 0.3 is 0 Å². The molecule has 0 atom stereocenters. The number of rotatable bonds is 3. The summed E-state index contributed by atoms with van der Waals surface area (Å²) in [6.07, 6.45) is 3.36. The lowest BCUT2D eigenvalue weighted by Gasteiger charge is -2.04. The van der Waals surface area contributed by atoms with Gasteiger partial charge in [0, 0.05) is 23.5 Å². The van der Waals surface area contributed by atoms with Gasteiger partial charge in [-0.15, -0.1) is 0 Å². The minimum atomic E-state index is 0.00538. The first-order valence-electron chi connectivity index (χ1n) is 6.86. The van der Waals surface area contributed by atoms with Gasteiger partial charge in [-0.1, -0.05) is 54.6 Å². The van der Waals surface area contributed by atoms with Crippen molar-refractivity contribution in [3.05, 3.63) is 89.7 Å². The molecular weight excluding hydrogens is 258 g/mol. The summed E-state index contributed by atoms with van der Waals surface area (Å²) < 4.78 is 0. The van der Waals surface area contributed by atoms with E-state index in [0.29, 0.717) is 11.1 Å². The van der Waals surface area contributed by atoms with Crippen LogP contribution in [-0.4, -0.2) is 10.8 Å². The molecule has 2 nitrogen and oxygen atoms in total. The van der Waals surface area contributed by atoms with E-state index in [0.717, 1.165) is 16.7 Å². The van der Waals surface area contributed by atoms with Gasteiger partial charge in [0.1, 0.15) is 0 Å². The molecule has 0 amide bonds. The molecule has 2 aromatic carbocycles. The number of benzene rings is 2. The van der Waals surface area contributed by atoms with Crippen molar-refractivity contribution in [1.82, 2.24) is 4.98 Å². The van der Waals surface area contributed by atoms with E-state index < -0.39 is 0 Å². The Bertz CT molecular complexity index is 761. The Morgan fingerprint density at radius 2 is 1.48 bits per heavy atom. The van der Waals surface area contributed by atoms with Crippen molar-refractivity contribution in [3.8, 4) is 11.1 Å². The van der Waals surface area contributed by atoms with Gasteiger partial charge in [-0.25, -0.2) is 0 Å². The van der Waals surface area contributed by atoms with Gasteiger partial charge in [0.15, 0.2) is 5.78 Å². The van der Waals surface area contributed by atoms with Crippen LogP contribution in [-0.2, 0) is 0 Å². The molecule has 3 rings (SSSR count). The van der Waals surface area contributed by atoms with Crippen molar-refractivity contribution < 1.29 is 4.79 Å². The minimum Gasteiger partial charge on any atom is -0.289 e. The molecule has 0 aliphatic heterocycles. The molecule has 102 valence electrons. The molecule has 0 unspecified atom stereocenters. The lowest BCUT2D eigenvalue weighted by molar-refractivity contribution is 0.103. The van der Waals surface area contributed by atoms with Crippen LogP contribution in [0.25, 0.3) is 11.1 Å². The number of pyridine rings is 1. The van der Waals surface area contributed by atoms with E-state index in [1.165, 1.54) is 0 Å². The number of carbonyl (C=O) groups excluding carboxylic acids is 1. The standard InChI is InChI=1S/C19H15NO/c1-14-11-18(13-20-12-14)19(21)17-9-7-16(8-10-17)15-5-3-2-4-6-15/h2-13H,1H3. The molecule has 0 spiro atoms. The Kier molecular flexibility index (Phi) is 3.61. The van der Waals surface area contributed by atoms with Gasteiger partial charge in [-0.3, -0.25) is 9.78 Å². The van der Waals surface area contributed by atoms with E-state index in [-0.39, 0.29) is 5.78 Å². The van der Waals surface area contributed by atoms with E-state index in [1.54, 1.807) is 12.4 Å². The highest BCUT2D eigenvalue weighted by atomic mass is 16.1. The summed E-state index contributed by atoms with van der Waals surface area (Å²) in [7, 11) is 0. The van der Waals surface area contributed by atoms with E-state index in [2.05, 4.69) is 17.1 Å². The molecule has 3 aromatic rings. The van der Waals surface area contributed by atoms with E-state index >= 15 is 0 Å². The minimum absolute atomic E-state index is 0.00538. The first-order chi connectivity index (χ1) is 10.2. The van der Waals surface area contributed by atoms with Crippen molar-refractivity contribution >= 4 is 5.78 Å². The lowest BCUT2D eigenvalue weighted by Crippen LogP contribution is -2.02. The van der Waals surface area contributed by atoms with Gasteiger partial charge in [-0.05, 0) is 29.7 Å². The predicted molar refractivity (Wildman–Crippen MR) is 84.3 cm³/mol. The summed E-state index contributed by atoms with van der Waals surface area (Å²) in [6.45, 7) is 1.93. The molecule has 1 heterocycles. The van der Waals surface area contributed by atoms with Crippen molar-refractivity contribution in [3.63, 3.8) is 0 Å². The van der Waals surface area contributed by atoms with E-state index in [1.807, 2.05) is 55.5 Å². The van der Waals surface area contributed by atoms with Gasteiger partial charge < -0.3 is 0 Å². The monoisotopic (exact) mass is 273 g/mol. The fourth-order valence-corrected chi connectivity index (χ4v) is 2.29. The number of hydrogen-bond donors (Lipinski definition) is 0. The second kappa shape index (κ2) is 5.71. The van der Waals surface area contributed by atoms with Gasteiger partial charge in [-0.2, -0.15) is 0 Å². The molecule has 0 fully saturated rings. The quantitative estimate of drug-likeness (QED) is 0.666.